The lowest BCUT2D eigenvalue weighted by Gasteiger charge is -2.00. The van der Waals surface area contributed by atoms with Crippen molar-refractivity contribution in [1.82, 2.24) is 10.2 Å². The van der Waals surface area contributed by atoms with Crippen molar-refractivity contribution >= 4 is 17.4 Å². The monoisotopic (exact) mass is 341 g/mol. The topological polar surface area (TPSA) is 82.1 Å². The molecule has 0 atom stereocenters. The summed E-state index contributed by atoms with van der Waals surface area (Å²) < 4.78 is 5.70. The van der Waals surface area contributed by atoms with Crippen molar-refractivity contribution in [2.75, 3.05) is 0 Å². The van der Waals surface area contributed by atoms with Gasteiger partial charge in [-0.25, -0.2) is 0 Å². The third-order valence-corrected chi connectivity index (χ3v) is 4.27. The van der Waals surface area contributed by atoms with E-state index in [0.717, 1.165) is 22.3 Å². The lowest BCUT2D eigenvalue weighted by molar-refractivity contribution is -0.384. The average Bonchev–Trinajstić information content (AvgIpc) is 3.01. The lowest BCUT2D eigenvalue weighted by atomic mass is 10.1. The van der Waals surface area contributed by atoms with Crippen LogP contribution in [-0.2, 0) is 5.75 Å². The number of rotatable bonds is 5. The smallest absolute Gasteiger partial charge is 0.277 e. The quantitative estimate of drug-likeness (QED) is 0.384. The van der Waals surface area contributed by atoms with Crippen LogP contribution >= 0.6 is 11.8 Å². The Labute approximate surface area is 143 Å². The number of non-ortho nitro benzene ring substituents is 1. The van der Waals surface area contributed by atoms with Crippen LogP contribution < -0.4 is 0 Å². The third-order valence-electron chi connectivity index (χ3n) is 3.38. The second kappa shape index (κ2) is 6.84. The molecule has 0 saturated heterocycles. The number of nitro groups is 1. The largest absolute Gasteiger partial charge is 0.411 e. The second-order valence-electron chi connectivity index (χ2n) is 5.46. The van der Waals surface area contributed by atoms with Gasteiger partial charge in [0.2, 0.25) is 5.89 Å². The fourth-order valence-electron chi connectivity index (χ4n) is 2.34. The molecule has 0 aliphatic rings. The van der Waals surface area contributed by atoms with E-state index >= 15 is 0 Å². The number of benzene rings is 2. The van der Waals surface area contributed by atoms with Crippen molar-refractivity contribution in [2.24, 2.45) is 0 Å². The van der Waals surface area contributed by atoms with Gasteiger partial charge >= 0.3 is 0 Å². The zero-order valence-corrected chi connectivity index (χ0v) is 14.0. The van der Waals surface area contributed by atoms with Crippen LogP contribution in [0.1, 0.15) is 16.7 Å². The molecule has 0 fully saturated rings. The van der Waals surface area contributed by atoms with Crippen LogP contribution in [0.4, 0.5) is 5.69 Å². The molecule has 122 valence electrons. The Bertz CT molecular complexity index is 855. The van der Waals surface area contributed by atoms with Gasteiger partial charge in [-0.1, -0.05) is 41.1 Å². The molecule has 1 aromatic heterocycles. The maximum atomic E-state index is 10.6. The van der Waals surface area contributed by atoms with Crippen molar-refractivity contribution in [3.05, 3.63) is 69.3 Å². The van der Waals surface area contributed by atoms with E-state index in [0.29, 0.717) is 16.9 Å². The van der Waals surface area contributed by atoms with E-state index in [-0.39, 0.29) is 5.69 Å². The van der Waals surface area contributed by atoms with Gasteiger partial charge in [0.25, 0.3) is 10.9 Å². The first-order valence-electron chi connectivity index (χ1n) is 7.29. The Kier molecular flexibility index (Phi) is 4.61. The predicted octanol–water partition coefficient (Wildman–Crippen LogP) is 4.55. The van der Waals surface area contributed by atoms with E-state index in [1.54, 1.807) is 12.1 Å². The minimum Gasteiger partial charge on any atom is -0.411 e. The number of aromatic nitrogens is 2. The Balaban J connectivity index is 1.69. The minimum absolute atomic E-state index is 0.0821. The van der Waals surface area contributed by atoms with Crippen molar-refractivity contribution in [3.8, 4) is 11.5 Å². The molecule has 1 heterocycles. The van der Waals surface area contributed by atoms with Crippen LogP contribution in [0, 0.1) is 24.0 Å². The highest BCUT2D eigenvalue weighted by atomic mass is 32.2. The van der Waals surface area contributed by atoms with E-state index in [9.17, 15) is 10.1 Å². The highest BCUT2D eigenvalue weighted by Gasteiger charge is 2.11. The van der Waals surface area contributed by atoms with Crippen molar-refractivity contribution in [2.45, 2.75) is 24.8 Å². The number of nitro benzene ring substituents is 1. The predicted molar refractivity (Wildman–Crippen MR) is 91.9 cm³/mol. The molecule has 0 bridgehead atoms. The Morgan fingerprint density at radius 2 is 1.75 bits per heavy atom. The van der Waals surface area contributed by atoms with Gasteiger partial charge in [-0.3, -0.25) is 10.1 Å². The maximum Gasteiger partial charge on any atom is 0.277 e. The zero-order valence-electron chi connectivity index (χ0n) is 13.2. The van der Waals surface area contributed by atoms with Gasteiger partial charge in [0.05, 0.1) is 4.92 Å². The summed E-state index contributed by atoms with van der Waals surface area (Å²) in [5.74, 6) is 1.10. The molecule has 0 aliphatic heterocycles. The van der Waals surface area contributed by atoms with Gasteiger partial charge in [0, 0.05) is 23.4 Å². The van der Waals surface area contributed by atoms with Gasteiger partial charge < -0.3 is 4.42 Å². The Hall–Kier alpha value is -2.67. The van der Waals surface area contributed by atoms with Crippen LogP contribution in [0.5, 0.6) is 0 Å². The molecular weight excluding hydrogens is 326 g/mol. The third kappa shape index (κ3) is 3.80. The van der Waals surface area contributed by atoms with E-state index in [2.05, 4.69) is 16.3 Å². The molecule has 0 spiro atoms. The molecule has 2 aromatic carbocycles. The first-order valence-corrected chi connectivity index (χ1v) is 8.28. The summed E-state index contributed by atoms with van der Waals surface area (Å²) in [6.45, 7) is 4.05. The Morgan fingerprint density at radius 3 is 2.38 bits per heavy atom. The summed E-state index contributed by atoms with van der Waals surface area (Å²) in [5, 5.41) is 19.3. The summed E-state index contributed by atoms with van der Waals surface area (Å²) in [7, 11) is 0. The van der Waals surface area contributed by atoms with Crippen LogP contribution in [0.2, 0.25) is 0 Å². The molecule has 0 unspecified atom stereocenters. The molecule has 0 aliphatic carbocycles. The summed E-state index contributed by atoms with van der Waals surface area (Å²) in [6, 6.07) is 12.5. The average molecular weight is 341 g/mol. The normalized spacial score (nSPS) is 10.8. The van der Waals surface area contributed by atoms with E-state index in [4.69, 9.17) is 4.42 Å². The van der Waals surface area contributed by atoms with Gasteiger partial charge in [0.15, 0.2) is 0 Å². The molecule has 24 heavy (non-hydrogen) atoms. The van der Waals surface area contributed by atoms with Crippen molar-refractivity contribution in [3.63, 3.8) is 0 Å². The molecule has 3 rings (SSSR count). The second-order valence-corrected chi connectivity index (χ2v) is 6.39. The number of hydrogen-bond acceptors (Lipinski definition) is 6. The van der Waals surface area contributed by atoms with E-state index in [1.807, 2.05) is 26.0 Å². The SMILES string of the molecule is Cc1cc(C)cc(-c2nnc(SCc3ccc([N+](=O)[O-])cc3)o2)c1. The van der Waals surface area contributed by atoms with E-state index in [1.165, 1.54) is 23.9 Å². The Morgan fingerprint density at radius 1 is 1.08 bits per heavy atom. The standard InChI is InChI=1S/C17H15N3O3S/c1-11-7-12(2)9-14(8-11)16-18-19-17(23-16)24-10-13-3-5-15(6-4-13)20(21)22/h3-9H,10H2,1-2H3. The first-order chi connectivity index (χ1) is 11.5. The van der Waals surface area contributed by atoms with Crippen LogP contribution in [0.25, 0.3) is 11.5 Å². The molecule has 0 saturated carbocycles. The van der Waals surface area contributed by atoms with Crippen molar-refractivity contribution in [1.29, 1.82) is 0 Å². The zero-order chi connectivity index (χ0) is 17.1. The van der Waals surface area contributed by atoms with Gasteiger partial charge in [-0.2, -0.15) is 0 Å². The summed E-state index contributed by atoms with van der Waals surface area (Å²) in [4.78, 5) is 10.2. The van der Waals surface area contributed by atoms with E-state index < -0.39 is 4.92 Å². The summed E-state index contributed by atoms with van der Waals surface area (Å²) in [5.41, 5.74) is 4.23. The summed E-state index contributed by atoms with van der Waals surface area (Å²) in [6.07, 6.45) is 0. The maximum absolute atomic E-state index is 10.6. The molecule has 6 nitrogen and oxygen atoms in total. The summed E-state index contributed by atoms with van der Waals surface area (Å²) >= 11 is 1.40. The fraction of sp³-hybridized carbons (Fsp3) is 0.176. The highest BCUT2D eigenvalue weighted by molar-refractivity contribution is 7.98. The number of nitrogens with zero attached hydrogens (tertiary/aromatic N) is 3. The lowest BCUT2D eigenvalue weighted by Crippen LogP contribution is -1.88. The van der Waals surface area contributed by atoms with Crippen LogP contribution in [-0.4, -0.2) is 15.1 Å². The number of hydrogen-bond donors (Lipinski definition) is 0. The molecule has 0 amide bonds. The molecule has 0 radical (unpaired) electrons. The molecule has 3 aromatic rings. The van der Waals surface area contributed by atoms with Gasteiger partial charge in [-0.05, 0) is 31.5 Å². The number of thioether (sulfide) groups is 1. The molecule has 0 N–H and O–H groups in total. The van der Waals surface area contributed by atoms with Crippen LogP contribution in [0.3, 0.4) is 0 Å². The van der Waals surface area contributed by atoms with Crippen molar-refractivity contribution < 1.29 is 9.34 Å². The fourth-order valence-corrected chi connectivity index (χ4v) is 3.06. The van der Waals surface area contributed by atoms with Crippen LogP contribution in [0.15, 0.2) is 52.1 Å². The van der Waals surface area contributed by atoms with Gasteiger partial charge in [0.1, 0.15) is 0 Å². The number of aryl methyl sites for hydroxylation is 2. The first kappa shape index (κ1) is 16.2. The van der Waals surface area contributed by atoms with Gasteiger partial charge in [-0.15, -0.1) is 10.2 Å². The highest BCUT2D eigenvalue weighted by Crippen LogP contribution is 2.27. The minimum atomic E-state index is -0.412. The molecular formula is C17H15N3O3S. The molecule has 7 heteroatoms.